The highest BCUT2D eigenvalue weighted by atomic mass is 16.1. The normalized spacial score (nSPS) is 10.4. The molecule has 3 rings (SSSR count). The van der Waals surface area contributed by atoms with Crippen LogP contribution in [0.1, 0.15) is 10.4 Å². The van der Waals surface area contributed by atoms with Crippen LogP contribution >= 0.6 is 0 Å². The first-order valence-corrected chi connectivity index (χ1v) is 5.34. The summed E-state index contributed by atoms with van der Waals surface area (Å²) in [7, 11) is 0. The molecule has 0 unspecified atom stereocenters. The molecule has 6 nitrogen and oxygen atoms in total. The van der Waals surface area contributed by atoms with Gasteiger partial charge in [0.2, 0.25) is 0 Å². The molecule has 3 aromatic rings. The minimum absolute atomic E-state index is 0.235. The van der Waals surface area contributed by atoms with Gasteiger partial charge in [0.05, 0.1) is 17.4 Å². The highest BCUT2D eigenvalue weighted by Crippen LogP contribution is 2.10. The van der Waals surface area contributed by atoms with Gasteiger partial charge >= 0.3 is 0 Å². The van der Waals surface area contributed by atoms with E-state index in [2.05, 4.69) is 20.4 Å². The van der Waals surface area contributed by atoms with Crippen LogP contribution in [0.2, 0.25) is 0 Å². The van der Waals surface area contributed by atoms with Gasteiger partial charge in [-0.3, -0.25) is 9.78 Å². The molecule has 0 fully saturated rings. The Morgan fingerprint density at radius 2 is 2.17 bits per heavy atom. The third-order valence-electron chi connectivity index (χ3n) is 2.46. The first kappa shape index (κ1) is 10.4. The van der Waals surface area contributed by atoms with Crippen LogP contribution < -0.4 is 5.32 Å². The summed E-state index contributed by atoms with van der Waals surface area (Å²) in [5.74, 6) is -0.235. The lowest BCUT2D eigenvalue weighted by Gasteiger charge is -2.05. The second-order valence-electron chi connectivity index (χ2n) is 3.64. The molecular weight excluding hydrogens is 230 g/mol. The third kappa shape index (κ3) is 1.80. The Bertz CT molecular complexity index is 692. The molecule has 18 heavy (non-hydrogen) atoms. The number of imidazole rings is 1. The maximum atomic E-state index is 12.1. The topological polar surface area (TPSA) is 72.2 Å². The Balaban J connectivity index is 1.95. The fourth-order valence-electron chi connectivity index (χ4n) is 1.65. The van der Waals surface area contributed by atoms with Crippen LogP contribution in [0, 0.1) is 0 Å². The molecule has 3 heterocycles. The molecule has 0 aliphatic rings. The minimum atomic E-state index is -0.235. The van der Waals surface area contributed by atoms with Crippen LogP contribution in [0.5, 0.6) is 0 Å². The van der Waals surface area contributed by atoms with Crippen molar-refractivity contribution < 1.29 is 4.79 Å². The van der Waals surface area contributed by atoms with Gasteiger partial charge in [-0.15, -0.1) is 0 Å². The molecule has 0 aromatic carbocycles. The lowest BCUT2D eigenvalue weighted by Crippen LogP contribution is -2.14. The molecule has 1 amide bonds. The molecule has 3 aromatic heterocycles. The van der Waals surface area contributed by atoms with E-state index in [9.17, 15) is 4.79 Å². The Morgan fingerprint density at radius 3 is 3.00 bits per heavy atom. The Kier molecular flexibility index (Phi) is 2.45. The van der Waals surface area contributed by atoms with Gasteiger partial charge in [-0.1, -0.05) is 0 Å². The molecule has 6 heteroatoms. The number of pyridine rings is 1. The van der Waals surface area contributed by atoms with Crippen molar-refractivity contribution in [3.8, 4) is 0 Å². The first-order valence-electron chi connectivity index (χ1n) is 5.34. The number of aromatic nitrogens is 4. The first-order chi connectivity index (χ1) is 8.84. The van der Waals surface area contributed by atoms with Gasteiger partial charge in [0.15, 0.2) is 5.65 Å². The van der Waals surface area contributed by atoms with Crippen molar-refractivity contribution in [3.05, 3.63) is 54.7 Å². The standard InChI is InChI=1S/C12H9N5O/c18-12(16-9-2-1-4-13-8-9)10-3-5-15-17-7-6-14-11(10)17/h1-8H,(H,16,18). The molecule has 1 N–H and O–H groups in total. The van der Waals surface area contributed by atoms with Gasteiger partial charge < -0.3 is 5.32 Å². The van der Waals surface area contributed by atoms with E-state index in [-0.39, 0.29) is 5.91 Å². The van der Waals surface area contributed by atoms with E-state index >= 15 is 0 Å². The SMILES string of the molecule is O=C(Nc1cccnc1)c1ccnn2ccnc12. The minimum Gasteiger partial charge on any atom is -0.320 e. The van der Waals surface area contributed by atoms with E-state index in [0.717, 1.165) is 0 Å². The number of carbonyl (C=O) groups excluding carboxylic acids is 1. The number of anilines is 1. The van der Waals surface area contributed by atoms with Crippen molar-refractivity contribution in [3.63, 3.8) is 0 Å². The van der Waals surface area contributed by atoms with E-state index in [1.165, 1.54) is 0 Å². The second-order valence-corrected chi connectivity index (χ2v) is 3.64. The predicted octanol–water partition coefficient (Wildman–Crippen LogP) is 1.38. The van der Waals surface area contributed by atoms with E-state index in [1.807, 2.05) is 0 Å². The quantitative estimate of drug-likeness (QED) is 0.733. The molecule has 0 bridgehead atoms. The Hall–Kier alpha value is -2.76. The summed E-state index contributed by atoms with van der Waals surface area (Å²) in [6.45, 7) is 0. The Labute approximate surface area is 102 Å². The van der Waals surface area contributed by atoms with Crippen LogP contribution in [-0.2, 0) is 0 Å². The summed E-state index contributed by atoms with van der Waals surface area (Å²) in [5.41, 5.74) is 1.64. The monoisotopic (exact) mass is 239 g/mol. The van der Waals surface area contributed by atoms with Gasteiger partial charge in [0.1, 0.15) is 0 Å². The molecule has 88 valence electrons. The van der Waals surface area contributed by atoms with Crippen molar-refractivity contribution in [2.24, 2.45) is 0 Å². The number of nitrogens with zero attached hydrogens (tertiary/aromatic N) is 4. The molecule has 0 saturated heterocycles. The average Bonchev–Trinajstić information content (AvgIpc) is 2.87. The fourth-order valence-corrected chi connectivity index (χ4v) is 1.65. The van der Waals surface area contributed by atoms with Crippen molar-refractivity contribution >= 4 is 17.2 Å². The van der Waals surface area contributed by atoms with Crippen molar-refractivity contribution in [2.45, 2.75) is 0 Å². The number of rotatable bonds is 2. The second kappa shape index (κ2) is 4.25. The zero-order valence-corrected chi connectivity index (χ0v) is 9.32. The van der Waals surface area contributed by atoms with Gasteiger partial charge in [0.25, 0.3) is 5.91 Å². The highest BCUT2D eigenvalue weighted by Gasteiger charge is 2.11. The molecule has 0 aliphatic carbocycles. The van der Waals surface area contributed by atoms with Crippen LogP contribution in [0.15, 0.2) is 49.2 Å². The number of nitrogens with one attached hydrogen (secondary N) is 1. The van der Waals surface area contributed by atoms with Crippen molar-refractivity contribution in [1.82, 2.24) is 19.6 Å². The molecule has 0 radical (unpaired) electrons. The summed E-state index contributed by atoms with van der Waals surface area (Å²) in [4.78, 5) is 20.1. The molecule has 0 saturated carbocycles. The van der Waals surface area contributed by atoms with Crippen molar-refractivity contribution in [2.75, 3.05) is 5.32 Å². The molecule has 0 spiro atoms. The maximum Gasteiger partial charge on any atom is 0.259 e. The third-order valence-corrected chi connectivity index (χ3v) is 2.46. The van der Waals surface area contributed by atoms with E-state index < -0.39 is 0 Å². The van der Waals surface area contributed by atoms with Crippen LogP contribution in [0.25, 0.3) is 5.65 Å². The number of hydrogen-bond acceptors (Lipinski definition) is 4. The summed E-state index contributed by atoms with van der Waals surface area (Å²) in [5, 5.41) is 6.81. The largest absolute Gasteiger partial charge is 0.320 e. The van der Waals surface area contributed by atoms with E-state index in [0.29, 0.717) is 16.9 Å². The number of amides is 1. The predicted molar refractivity (Wildman–Crippen MR) is 65.2 cm³/mol. The summed E-state index contributed by atoms with van der Waals surface area (Å²) in [6, 6.07) is 5.16. The lowest BCUT2D eigenvalue weighted by molar-refractivity contribution is 0.102. The molecule has 0 atom stereocenters. The summed E-state index contributed by atoms with van der Waals surface area (Å²) >= 11 is 0. The zero-order valence-electron chi connectivity index (χ0n) is 9.32. The molecule has 0 aliphatic heterocycles. The fraction of sp³-hybridized carbons (Fsp3) is 0. The summed E-state index contributed by atoms with van der Waals surface area (Å²) in [6.07, 6.45) is 8.09. The van der Waals surface area contributed by atoms with Gasteiger partial charge in [-0.05, 0) is 18.2 Å². The van der Waals surface area contributed by atoms with E-state index in [1.54, 1.807) is 53.7 Å². The van der Waals surface area contributed by atoms with Crippen LogP contribution in [0.3, 0.4) is 0 Å². The van der Waals surface area contributed by atoms with E-state index in [4.69, 9.17) is 0 Å². The van der Waals surface area contributed by atoms with Crippen LogP contribution in [0.4, 0.5) is 5.69 Å². The van der Waals surface area contributed by atoms with Crippen molar-refractivity contribution in [1.29, 1.82) is 0 Å². The number of hydrogen-bond donors (Lipinski definition) is 1. The lowest BCUT2D eigenvalue weighted by atomic mass is 10.2. The number of fused-ring (bicyclic) bond motifs is 1. The number of carbonyl (C=O) groups is 1. The molecular formula is C12H9N5O. The zero-order chi connectivity index (χ0) is 12.4. The maximum absolute atomic E-state index is 12.1. The average molecular weight is 239 g/mol. The highest BCUT2D eigenvalue weighted by molar-refractivity contribution is 6.08. The Morgan fingerprint density at radius 1 is 1.22 bits per heavy atom. The van der Waals surface area contributed by atoms with Gasteiger partial charge in [0, 0.05) is 24.8 Å². The smallest absolute Gasteiger partial charge is 0.259 e. The van der Waals surface area contributed by atoms with Crippen LogP contribution in [-0.4, -0.2) is 25.5 Å². The van der Waals surface area contributed by atoms with Gasteiger partial charge in [-0.2, -0.15) is 5.10 Å². The van der Waals surface area contributed by atoms with Gasteiger partial charge in [-0.25, -0.2) is 9.50 Å². The summed E-state index contributed by atoms with van der Waals surface area (Å²) < 4.78 is 1.55.